The van der Waals surface area contributed by atoms with Gasteiger partial charge in [0.05, 0.1) is 10.7 Å². The van der Waals surface area contributed by atoms with Crippen molar-refractivity contribution in [3.05, 3.63) is 40.9 Å². The van der Waals surface area contributed by atoms with E-state index in [1.807, 2.05) is 0 Å². The number of urea groups is 1. The molecular formula is C16H18ClN3O4. The number of carbonyl (C=O) groups excluding carboxylic acids is 2. The first-order valence-electron chi connectivity index (χ1n) is 7.43. The molecule has 24 heavy (non-hydrogen) atoms. The highest BCUT2D eigenvalue weighted by molar-refractivity contribution is 6.34. The number of halogens is 1. The second-order valence-corrected chi connectivity index (χ2v) is 5.63. The first-order valence-corrected chi connectivity index (χ1v) is 7.81. The molecule has 1 aliphatic heterocycles. The van der Waals surface area contributed by atoms with E-state index in [1.54, 1.807) is 19.1 Å². The van der Waals surface area contributed by atoms with Gasteiger partial charge in [0.25, 0.3) is 5.91 Å². The molecule has 1 heterocycles. The number of carboxylic acid groups (broad SMARTS) is 1. The lowest BCUT2D eigenvalue weighted by Gasteiger charge is -2.18. The smallest absolute Gasteiger partial charge is 0.326 e. The summed E-state index contributed by atoms with van der Waals surface area (Å²) in [6, 6.07) is 3.17. The fourth-order valence-electron chi connectivity index (χ4n) is 2.30. The maximum atomic E-state index is 12.3. The number of allylic oxidation sites excluding steroid dienone is 1. The molecule has 1 aromatic rings. The number of carboxylic acids is 1. The van der Waals surface area contributed by atoms with Crippen LogP contribution in [0, 0.1) is 0 Å². The van der Waals surface area contributed by atoms with E-state index < -0.39 is 17.9 Å². The Hall–Kier alpha value is -2.54. The first-order chi connectivity index (χ1) is 11.4. The molecule has 3 amide bonds. The number of nitrogens with zero attached hydrogens (tertiary/aromatic N) is 1. The minimum absolute atomic E-state index is 0.187. The van der Waals surface area contributed by atoms with Crippen molar-refractivity contribution in [2.45, 2.75) is 19.4 Å². The molecule has 0 saturated carbocycles. The van der Waals surface area contributed by atoms with E-state index in [2.05, 4.69) is 10.6 Å². The van der Waals surface area contributed by atoms with Gasteiger partial charge in [-0.3, -0.25) is 9.69 Å². The van der Waals surface area contributed by atoms with Gasteiger partial charge in [-0.2, -0.15) is 0 Å². The zero-order valence-corrected chi connectivity index (χ0v) is 13.8. The Balaban J connectivity index is 2.20. The zero-order valence-electron chi connectivity index (χ0n) is 13.1. The van der Waals surface area contributed by atoms with Crippen LogP contribution in [0.15, 0.2) is 30.4 Å². The number of carbonyl (C=O) groups is 3. The van der Waals surface area contributed by atoms with Crippen LogP contribution in [0.2, 0.25) is 5.02 Å². The Morgan fingerprint density at radius 3 is 2.83 bits per heavy atom. The third kappa shape index (κ3) is 4.05. The number of nitrogens with one attached hydrogen (secondary N) is 2. The summed E-state index contributed by atoms with van der Waals surface area (Å²) in [5, 5.41) is 14.6. The number of amides is 3. The lowest BCUT2D eigenvalue weighted by molar-refractivity contribution is -0.139. The first kappa shape index (κ1) is 17.8. The van der Waals surface area contributed by atoms with E-state index in [0.717, 1.165) is 0 Å². The van der Waals surface area contributed by atoms with Crippen molar-refractivity contribution in [3.8, 4) is 0 Å². The number of hydrogen-bond acceptors (Lipinski definition) is 3. The summed E-state index contributed by atoms with van der Waals surface area (Å²) in [6.07, 6.45) is 3.57. The molecule has 128 valence electrons. The van der Waals surface area contributed by atoms with Gasteiger partial charge in [0.15, 0.2) is 0 Å². The molecule has 1 unspecified atom stereocenters. The minimum atomic E-state index is -1.12. The lowest BCUT2D eigenvalue weighted by atomic mass is 10.1. The van der Waals surface area contributed by atoms with E-state index in [-0.39, 0.29) is 18.0 Å². The average molecular weight is 352 g/mol. The number of anilines is 1. The summed E-state index contributed by atoms with van der Waals surface area (Å²) in [5.41, 5.74) is 0.653. The summed E-state index contributed by atoms with van der Waals surface area (Å²) in [6.45, 7) is 2.71. The van der Waals surface area contributed by atoms with Crippen LogP contribution in [-0.2, 0) is 4.79 Å². The van der Waals surface area contributed by atoms with Gasteiger partial charge in [-0.1, -0.05) is 23.8 Å². The number of hydrogen-bond donors (Lipinski definition) is 3. The van der Waals surface area contributed by atoms with Crippen LogP contribution >= 0.6 is 11.6 Å². The quantitative estimate of drug-likeness (QED) is 0.683. The van der Waals surface area contributed by atoms with Crippen LogP contribution in [0.25, 0.3) is 0 Å². The second-order valence-electron chi connectivity index (χ2n) is 5.22. The van der Waals surface area contributed by atoms with Gasteiger partial charge in [-0.25, -0.2) is 9.59 Å². The molecule has 0 bridgehead atoms. The standard InChI is InChI=1S/C16H18ClN3O4/c1-2-3-4-12(15(22)23)19-14(21)10-5-6-11(17)13(9-10)20-8-7-18-16(20)24/h2-3,5-6,9,12H,4,7-8H2,1H3,(H,18,24)(H,19,21)(H,22,23)/b3-2+. The average Bonchev–Trinajstić information content (AvgIpc) is 2.97. The van der Waals surface area contributed by atoms with Crippen molar-refractivity contribution in [3.63, 3.8) is 0 Å². The molecule has 1 aromatic carbocycles. The second kappa shape index (κ2) is 7.83. The van der Waals surface area contributed by atoms with Crippen LogP contribution < -0.4 is 15.5 Å². The number of aliphatic carboxylic acids is 1. The summed E-state index contributed by atoms with van der Waals surface area (Å²) >= 11 is 6.11. The highest BCUT2D eigenvalue weighted by Gasteiger charge is 2.25. The molecule has 1 atom stereocenters. The molecular weight excluding hydrogens is 334 g/mol. The van der Waals surface area contributed by atoms with Crippen LogP contribution in [0.1, 0.15) is 23.7 Å². The van der Waals surface area contributed by atoms with E-state index in [0.29, 0.717) is 23.8 Å². The summed E-state index contributed by atoms with van der Waals surface area (Å²) in [4.78, 5) is 36.7. The Labute approximate surface area is 144 Å². The lowest BCUT2D eigenvalue weighted by Crippen LogP contribution is -2.40. The minimum Gasteiger partial charge on any atom is -0.480 e. The molecule has 1 fully saturated rings. The third-order valence-corrected chi connectivity index (χ3v) is 3.89. The Bertz CT molecular complexity index is 690. The van der Waals surface area contributed by atoms with E-state index in [4.69, 9.17) is 11.6 Å². The zero-order chi connectivity index (χ0) is 17.7. The monoisotopic (exact) mass is 351 g/mol. The molecule has 0 radical (unpaired) electrons. The molecule has 1 saturated heterocycles. The summed E-state index contributed by atoms with van der Waals surface area (Å²) in [7, 11) is 0. The predicted molar refractivity (Wildman–Crippen MR) is 90.5 cm³/mol. The predicted octanol–water partition coefficient (Wildman–Crippen LogP) is 2.02. The Morgan fingerprint density at radius 2 is 2.25 bits per heavy atom. The molecule has 3 N–H and O–H groups in total. The molecule has 0 spiro atoms. The van der Waals surface area contributed by atoms with Gasteiger partial charge < -0.3 is 15.7 Å². The van der Waals surface area contributed by atoms with Gasteiger partial charge in [0.1, 0.15) is 6.04 Å². The van der Waals surface area contributed by atoms with Gasteiger partial charge in [-0.05, 0) is 31.5 Å². The van der Waals surface area contributed by atoms with E-state index in [1.165, 1.54) is 23.1 Å². The fraction of sp³-hybridized carbons (Fsp3) is 0.312. The van der Waals surface area contributed by atoms with Crippen LogP contribution in [0.3, 0.4) is 0 Å². The van der Waals surface area contributed by atoms with Crippen molar-refractivity contribution in [1.82, 2.24) is 10.6 Å². The van der Waals surface area contributed by atoms with Gasteiger partial charge in [-0.15, -0.1) is 0 Å². The van der Waals surface area contributed by atoms with Crippen molar-refractivity contribution in [2.24, 2.45) is 0 Å². The van der Waals surface area contributed by atoms with E-state index in [9.17, 15) is 19.5 Å². The van der Waals surface area contributed by atoms with Gasteiger partial charge in [0.2, 0.25) is 0 Å². The molecule has 1 aliphatic rings. The van der Waals surface area contributed by atoms with Gasteiger partial charge in [0, 0.05) is 18.7 Å². The molecule has 0 aliphatic carbocycles. The van der Waals surface area contributed by atoms with Crippen molar-refractivity contribution in [1.29, 1.82) is 0 Å². The maximum Gasteiger partial charge on any atom is 0.326 e. The largest absolute Gasteiger partial charge is 0.480 e. The van der Waals surface area contributed by atoms with Crippen LogP contribution in [0.4, 0.5) is 10.5 Å². The Morgan fingerprint density at radius 1 is 1.50 bits per heavy atom. The topological polar surface area (TPSA) is 98.7 Å². The molecule has 0 aromatic heterocycles. The van der Waals surface area contributed by atoms with E-state index >= 15 is 0 Å². The number of rotatable bonds is 6. The third-order valence-electron chi connectivity index (χ3n) is 3.57. The normalized spacial score (nSPS) is 15.4. The molecule has 7 nitrogen and oxygen atoms in total. The number of benzene rings is 1. The highest BCUT2D eigenvalue weighted by atomic mass is 35.5. The fourth-order valence-corrected chi connectivity index (χ4v) is 2.52. The highest BCUT2D eigenvalue weighted by Crippen LogP contribution is 2.28. The van der Waals surface area contributed by atoms with Crippen molar-refractivity contribution in [2.75, 3.05) is 18.0 Å². The SMILES string of the molecule is C/C=C/CC(NC(=O)c1ccc(Cl)c(N2CCNC2=O)c1)C(=O)O. The van der Waals surface area contributed by atoms with Crippen LogP contribution in [-0.4, -0.2) is 42.1 Å². The summed E-state index contributed by atoms with van der Waals surface area (Å²) < 4.78 is 0. The van der Waals surface area contributed by atoms with Crippen molar-refractivity contribution < 1.29 is 19.5 Å². The maximum absolute atomic E-state index is 12.3. The molecule has 8 heteroatoms. The summed E-state index contributed by atoms with van der Waals surface area (Å²) in [5.74, 6) is -1.65. The Kier molecular flexibility index (Phi) is 5.81. The van der Waals surface area contributed by atoms with Crippen LogP contribution in [0.5, 0.6) is 0 Å². The van der Waals surface area contributed by atoms with Crippen molar-refractivity contribution >= 4 is 35.2 Å². The van der Waals surface area contributed by atoms with Gasteiger partial charge >= 0.3 is 12.0 Å². The molecule has 2 rings (SSSR count).